The van der Waals surface area contributed by atoms with E-state index < -0.39 is 0 Å². The maximum atomic E-state index is 5.43. The van der Waals surface area contributed by atoms with Crippen molar-refractivity contribution < 1.29 is 4.74 Å². The Morgan fingerprint density at radius 2 is 2.10 bits per heavy atom. The average Bonchev–Trinajstić information content (AvgIpc) is 2.45. The highest BCUT2D eigenvalue weighted by molar-refractivity contribution is 5.63. The highest BCUT2D eigenvalue weighted by atomic mass is 16.5. The van der Waals surface area contributed by atoms with Gasteiger partial charge in [-0.2, -0.15) is 0 Å². The minimum Gasteiger partial charge on any atom is -0.490 e. The van der Waals surface area contributed by atoms with Crippen LogP contribution in [-0.4, -0.2) is 55.2 Å². The lowest BCUT2D eigenvalue weighted by atomic mass is 9.98. The minimum absolute atomic E-state index is 0.663. The van der Waals surface area contributed by atoms with Crippen molar-refractivity contribution in [2.75, 3.05) is 51.0 Å². The summed E-state index contributed by atoms with van der Waals surface area (Å²) in [5.74, 6) is 2.87. The van der Waals surface area contributed by atoms with E-state index in [1.807, 2.05) is 6.92 Å². The zero-order valence-corrected chi connectivity index (χ0v) is 12.6. The fourth-order valence-corrected chi connectivity index (χ4v) is 2.67. The first-order valence-electron chi connectivity index (χ1n) is 7.29. The Hall–Kier alpha value is -1.56. The third kappa shape index (κ3) is 3.72. The monoisotopic (exact) mass is 279 g/mol. The third-order valence-electron chi connectivity index (χ3n) is 3.63. The minimum atomic E-state index is 0.663. The van der Waals surface area contributed by atoms with Gasteiger partial charge in [0.1, 0.15) is 6.33 Å². The number of ether oxygens (including phenoxy) is 1. The molecule has 6 nitrogen and oxygen atoms in total. The molecule has 1 fully saturated rings. The van der Waals surface area contributed by atoms with E-state index in [4.69, 9.17) is 4.74 Å². The molecule has 1 aliphatic heterocycles. The quantitative estimate of drug-likeness (QED) is 0.826. The van der Waals surface area contributed by atoms with Crippen LogP contribution in [0.15, 0.2) is 6.33 Å². The van der Waals surface area contributed by atoms with Crippen molar-refractivity contribution in [2.45, 2.75) is 19.8 Å². The summed E-state index contributed by atoms with van der Waals surface area (Å²) in [6, 6.07) is 0. The molecule has 1 atom stereocenters. The largest absolute Gasteiger partial charge is 0.490 e. The van der Waals surface area contributed by atoms with Crippen LogP contribution in [0.3, 0.4) is 0 Å². The molecule has 2 N–H and O–H groups in total. The van der Waals surface area contributed by atoms with Gasteiger partial charge in [0, 0.05) is 19.6 Å². The molecule has 0 aromatic carbocycles. The highest BCUT2D eigenvalue weighted by Gasteiger charge is 2.18. The van der Waals surface area contributed by atoms with Crippen molar-refractivity contribution in [3.63, 3.8) is 0 Å². The van der Waals surface area contributed by atoms with E-state index in [-0.39, 0.29) is 0 Å². The van der Waals surface area contributed by atoms with E-state index in [1.54, 1.807) is 13.4 Å². The summed E-state index contributed by atoms with van der Waals surface area (Å²) in [4.78, 5) is 10.9. The lowest BCUT2D eigenvalue weighted by Crippen LogP contribution is -2.35. The van der Waals surface area contributed by atoms with Gasteiger partial charge < -0.3 is 20.3 Å². The molecule has 6 heteroatoms. The molecule has 1 aromatic heterocycles. The number of likely N-dealkylation sites (tertiary alicyclic amines) is 1. The second-order valence-electron chi connectivity index (χ2n) is 5.29. The van der Waals surface area contributed by atoms with Crippen LogP contribution < -0.4 is 15.4 Å². The molecule has 0 amide bonds. The molecular weight excluding hydrogens is 254 g/mol. The topological polar surface area (TPSA) is 62.3 Å². The van der Waals surface area contributed by atoms with Gasteiger partial charge in [-0.25, -0.2) is 9.97 Å². The van der Waals surface area contributed by atoms with E-state index in [0.29, 0.717) is 11.7 Å². The number of nitrogens with zero attached hydrogens (tertiary/aromatic N) is 3. The molecule has 1 aromatic rings. The summed E-state index contributed by atoms with van der Waals surface area (Å²) in [5.41, 5.74) is 0. The zero-order valence-electron chi connectivity index (χ0n) is 12.6. The second-order valence-corrected chi connectivity index (χ2v) is 5.29. The normalized spacial score (nSPS) is 19.6. The summed E-state index contributed by atoms with van der Waals surface area (Å²) in [5, 5.41) is 6.60. The molecule has 2 heterocycles. The van der Waals surface area contributed by atoms with E-state index in [2.05, 4.69) is 32.5 Å². The van der Waals surface area contributed by atoms with Crippen molar-refractivity contribution in [1.82, 2.24) is 14.9 Å². The van der Waals surface area contributed by atoms with Crippen LogP contribution in [0.2, 0.25) is 0 Å². The van der Waals surface area contributed by atoms with E-state index >= 15 is 0 Å². The summed E-state index contributed by atoms with van der Waals surface area (Å²) in [6.45, 7) is 6.11. The van der Waals surface area contributed by atoms with Crippen molar-refractivity contribution in [2.24, 2.45) is 5.92 Å². The molecule has 0 spiro atoms. The van der Waals surface area contributed by atoms with Crippen LogP contribution in [0, 0.1) is 5.92 Å². The predicted octanol–water partition coefficient (Wildman–Crippen LogP) is 1.67. The van der Waals surface area contributed by atoms with Crippen LogP contribution in [0.5, 0.6) is 5.75 Å². The molecule has 0 aliphatic carbocycles. The molecule has 1 unspecified atom stereocenters. The number of aromatic nitrogens is 2. The second kappa shape index (κ2) is 7.28. The van der Waals surface area contributed by atoms with Gasteiger partial charge in [0.15, 0.2) is 11.6 Å². The fraction of sp³-hybridized carbons (Fsp3) is 0.714. The standard InChI is InChI=1S/C14H25N5O/c1-4-15-13-12(20-3)14(18-10-17-13)16-8-11-6-5-7-19(2)9-11/h10-11H,4-9H2,1-3H3,(H2,15,16,17,18). The van der Waals surface area contributed by atoms with Gasteiger partial charge in [-0.3, -0.25) is 0 Å². The number of methoxy groups -OCH3 is 1. The molecule has 1 aliphatic rings. The van der Waals surface area contributed by atoms with Crippen molar-refractivity contribution >= 4 is 11.6 Å². The molecule has 2 rings (SSSR count). The van der Waals surface area contributed by atoms with Gasteiger partial charge in [-0.1, -0.05) is 0 Å². The molecule has 0 radical (unpaired) electrons. The smallest absolute Gasteiger partial charge is 0.204 e. The van der Waals surface area contributed by atoms with Gasteiger partial charge in [-0.05, 0) is 39.3 Å². The van der Waals surface area contributed by atoms with E-state index in [1.165, 1.54) is 19.4 Å². The molecule has 0 bridgehead atoms. The van der Waals surface area contributed by atoms with Gasteiger partial charge in [0.25, 0.3) is 0 Å². The molecular formula is C14H25N5O. The van der Waals surface area contributed by atoms with Crippen LogP contribution in [0.25, 0.3) is 0 Å². The number of hydrogen-bond donors (Lipinski definition) is 2. The maximum absolute atomic E-state index is 5.43. The number of rotatable bonds is 6. The Balaban J connectivity index is 1.99. The number of hydrogen-bond acceptors (Lipinski definition) is 6. The lowest BCUT2D eigenvalue weighted by Gasteiger charge is -2.30. The predicted molar refractivity (Wildman–Crippen MR) is 81.5 cm³/mol. The first-order chi connectivity index (χ1) is 9.74. The molecule has 112 valence electrons. The Kier molecular flexibility index (Phi) is 5.40. The maximum Gasteiger partial charge on any atom is 0.204 e. The van der Waals surface area contributed by atoms with Crippen molar-refractivity contribution in [3.05, 3.63) is 6.33 Å². The van der Waals surface area contributed by atoms with Crippen LogP contribution in [0.4, 0.5) is 11.6 Å². The lowest BCUT2D eigenvalue weighted by molar-refractivity contribution is 0.217. The Bertz CT molecular complexity index is 426. The fourth-order valence-electron chi connectivity index (χ4n) is 2.67. The first-order valence-corrected chi connectivity index (χ1v) is 7.29. The Morgan fingerprint density at radius 3 is 2.75 bits per heavy atom. The average molecular weight is 279 g/mol. The van der Waals surface area contributed by atoms with Crippen molar-refractivity contribution in [1.29, 1.82) is 0 Å². The SMILES string of the molecule is CCNc1ncnc(NCC2CCCN(C)C2)c1OC. The summed E-state index contributed by atoms with van der Waals surface area (Å²) in [7, 11) is 3.83. The van der Waals surface area contributed by atoms with Crippen LogP contribution in [0.1, 0.15) is 19.8 Å². The van der Waals surface area contributed by atoms with Gasteiger partial charge in [0.2, 0.25) is 5.75 Å². The third-order valence-corrected chi connectivity index (χ3v) is 3.63. The number of nitrogens with one attached hydrogen (secondary N) is 2. The Labute approximate surface area is 120 Å². The van der Waals surface area contributed by atoms with E-state index in [0.717, 1.165) is 31.3 Å². The molecule has 20 heavy (non-hydrogen) atoms. The summed E-state index contributed by atoms with van der Waals surface area (Å²) < 4.78 is 5.43. The van der Waals surface area contributed by atoms with Crippen LogP contribution >= 0.6 is 0 Å². The van der Waals surface area contributed by atoms with Gasteiger partial charge in [0.05, 0.1) is 7.11 Å². The van der Waals surface area contributed by atoms with Crippen LogP contribution in [-0.2, 0) is 0 Å². The zero-order chi connectivity index (χ0) is 14.4. The van der Waals surface area contributed by atoms with Crippen molar-refractivity contribution in [3.8, 4) is 5.75 Å². The van der Waals surface area contributed by atoms with Gasteiger partial charge >= 0.3 is 0 Å². The number of anilines is 2. The molecule has 0 saturated carbocycles. The summed E-state index contributed by atoms with van der Waals surface area (Å²) in [6.07, 6.45) is 4.10. The van der Waals surface area contributed by atoms with Gasteiger partial charge in [-0.15, -0.1) is 0 Å². The Morgan fingerprint density at radius 1 is 1.35 bits per heavy atom. The molecule has 1 saturated heterocycles. The summed E-state index contributed by atoms with van der Waals surface area (Å²) >= 11 is 0. The number of piperidine rings is 1. The highest BCUT2D eigenvalue weighted by Crippen LogP contribution is 2.29. The first kappa shape index (κ1) is 14.8. The van der Waals surface area contributed by atoms with E-state index in [9.17, 15) is 0 Å².